The maximum absolute atomic E-state index is 12.3. The SMILES string of the molecule is C1=NC=NC1.CC(C)(C)OC(=O)N1CCC(C2CCN(c3cc(-n4cncn4)ncn3)CC2)CC1.CC(C)(C)OC(=O)N1CCC(C2CCN(c3cc(Cl)ncn3)CC2)CC1. The first kappa shape index (κ1) is 45.6. The van der Waals surface area contributed by atoms with Crippen molar-refractivity contribution in [2.75, 3.05) is 68.7 Å². The minimum absolute atomic E-state index is 0.175. The summed E-state index contributed by atoms with van der Waals surface area (Å²) >= 11 is 5.97. The molecule has 0 N–H and O–H groups in total. The van der Waals surface area contributed by atoms with E-state index in [2.05, 4.69) is 49.8 Å². The first-order chi connectivity index (χ1) is 29.2. The van der Waals surface area contributed by atoms with Gasteiger partial charge in [-0.2, -0.15) is 5.10 Å². The van der Waals surface area contributed by atoms with Crippen molar-refractivity contribution in [1.82, 2.24) is 44.5 Å². The van der Waals surface area contributed by atoms with Gasteiger partial charge in [0.1, 0.15) is 59.6 Å². The van der Waals surface area contributed by atoms with Crippen LogP contribution in [0.5, 0.6) is 0 Å². The Morgan fingerprint density at radius 1 is 0.607 bits per heavy atom. The highest BCUT2D eigenvalue weighted by Crippen LogP contribution is 2.35. The van der Waals surface area contributed by atoms with Crippen LogP contribution in [0.3, 0.4) is 0 Å². The van der Waals surface area contributed by atoms with Crippen LogP contribution in [0, 0.1) is 23.7 Å². The molecule has 61 heavy (non-hydrogen) atoms. The minimum Gasteiger partial charge on any atom is -0.444 e. The summed E-state index contributed by atoms with van der Waals surface area (Å²) in [6.45, 7) is 19.5. The lowest BCUT2D eigenvalue weighted by Crippen LogP contribution is -2.44. The molecule has 5 aliphatic heterocycles. The molecule has 2 amide bonds. The van der Waals surface area contributed by atoms with Gasteiger partial charge in [-0.05, 0) is 117 Å². The highest BCUT2D eigenvalue weighted by Gasteiger charge is 2.34. The Balaban J connectivity index is 0.000000184. The maximum Gasteiger partial charge on any atom is 0.410 e. The average molecular weight is 863 g/mol. The van der Waals surface area contributed by atoms with Gasteiger partial charge in [0.05, 0.1) is 6.54 Å². The van der Waals surface area contributed by atoms with Gasteiger partial charge in [-0.3, -0.25) is 4.99 Å². The second-order valence-corrected chi connectivity index (χ2v) is 18.7. The monoisotopic (exact) mass is 861 g/mol. The zero-order valence-electron chi connectivity index (χ0n) is 36.8. The van der Waals surface area contributed by atoms with Gasteiger partial charge in [0, 0.05) is 70.7 Å². The first-order valence-corrected chi connectivity index (χ1v) is 22.2. The fourth-order valence-corrected chi connectivity index (χ4v) is 8.80. The molecule has 8 heterocycles. The van der Waals surface area contributed by atoms with E-state index in [1.807, 2.05) is 63.5 Å². The predicted octanol–water partition coefficient (Wildman–Crippen LogP) is 7.01. The number of carbonyl (C=O) groups is 2. The van der Waals surface area contributed by atoms with Crippen molar-refractivity contribution in [1.29, 1.82) is 0 Å². The van der Waals surface area contributed by atoms with Gasteiger partial charge in [-0.25, -0.2) is 44.2 Å². The maximum atomic E-state index is 12.3. The molecule has 5 aliphatic rings. The minimum atomic E-state index is -0.435. The molecule has 17 nitrogen and oxygen atoms in total. The Labute approximate surface area is 365 Å². The Morgan fingerprint density at radius 3 is 1.43 bits per heavy atom. The van der Waals surface area contributed by atoms with E-state index < -0.39 is 11.2 Å². The first-order valence-electron chi connectivity index (χ1n) is 21.8. The third-order valence-electron chi connectivity index (χ3n) is 11.8. The number of aromatic nitrogens is 7. The smallest absolute Gasteiger partial charge is 0.410 e. The molecule has 3 aromatic heterocycles. The molecule has 8 rings (SSSR count). The van der Waals surface area contributed by atoms with Gasteiger partial charge in [0.2, 0.25) is 0 Å². The number of hydrogen-bond donors (Lipinski definition) is 0. The van der Waals surface area contributed by atoms with E-state index >= 15 is 0 Å². The number of halogens is 1. The fraction of sp³-hybridized carbons (Fsp3) is 0.674. The number of carbonyl (C=O) groups excluding carboxylic acids is 2. The third kappa shape index (κ3) is 14.0. The average Bonchev–Trinajstić information content (AvgIpc) is 4.02. The number of nitrogens with zero attached hydrogens (tertiary/aromatic N) is 13. The van der Waals surface area contributed by atoms with Crippen molar-refractivity contribution < 1.29 is 19.1 Å². The molecule has 0 saturated carbocycles. The molecule has 332 valence electrons. The van der Waals surface area contributed by atoms with Crippen molar-refractivity contribution in [3.05, 3.63) is 42.6 Å². The number of rotatable bonds is 5. The molecule has 0 aliphatic carbocycles. The standard InChI is InChI=1S/C21H31N7O2.C19H29ClN4O2.C3H4N2/c1-21(2,3)30-20(29)27-10-6-17(7-11-27)16-4-8-26(9-5-16)18-12-19(24-14-23-18)28-15-22-13-25-28;1-19(2,3)26-18(25)24-10-6-15(7-11-24)14-4-8-23(9-5-14)17-12-16(20)21-13-22-17;1-2-5-3-4-1/h12-17H,4-11H2,1-3H3;12-15H,4-11H2,1-3H3;1,3H,2H2. The highest BCUT2D eigenvalue weighted by molar-refractivity contribution is 6.29. The molecule has 3 aromatic rings. The van der Waals surface area contributed by atoms with Gasteiger partial charge in [-0.1, -0.05) is 11.6 Å². The number of likely N-dealkylation sites (tertiary alicyclic amines) is 2. The van der Waals surface area contributed by atoms with Crippen LogP contribution in [0.4, 0.5) is 21.2 Å². The molecule has 0 radical (unpaired) electrons. The number of ether oxygens (including phenoxy) is 2. The predicted molar refractivity (Wildman–Crippen MR) is 237 cm³/mol. The van der Waals surface area contributed by atoms with Crippen molar-refractivity contribution >= 4 is 48.0 Å². The van der Waals surface area contributed by atoms with E-state index in [9.17, 15) is 9.59 Å². The summed E-state index contributed by atoms with van der Waals surface area (Å²) < 4.78 is 12.7. The summed E-state index contributed by atoms with van der Waals surface area (Å²) in [5, 5.41) is 4.64. The van der Waals surface area contributed by atoms with E-state index in [1.165, 1.54) is 25.5 Å². The molecule has 0 spiro atoms. The molecule has 0 atom stereocenters. The highest BCUT2D eigenvalue weighted by atomic mass is 35.5. The zero-order chi connectivity index (χ0) is 43.4. The lowest BCUT2D eigenvalue weighted by Gasteiger charge is -2.40. The Morgan fingerprint density at radius 2 is 1.05 bits per heavy atom. The molecule has 0 bridgehead atoms. The van der Waals surface area contributed by atoms with Crippen LogP contribution < -0.4 is 9.80 Å². The van der Waals surface area contributed by atoms with Crippen LogP contribution in [0.15, 0.2) is 47.4 Å². The fourth-order valence-electron chi connectivity index (χ4n) is 8.65. The number of anilines is 2. The second-order valence-electron chi connectivity index (χ2n) is 18.3. The zero-order valence-corrected chi connectivity index (χ0v) is 37.5. The summed E-state index contributed by atoms with van der Waals surface area (Å²) in [6.07, 6.45) is 18.1. The molecular formula is C43H64ClN13O4. The molecule has 0 aromatic carbocycles. The van der Waals surface area contributed by atoms with Gasteiger partial charge in [0.15, 0.2) is 5.82 Å². The Hall–Kier alpha value is -4.93. The quantitative estimate of drug-likeness (QED) is 0.241. The lowest BCUT2D eigenvalue weighted by molar-refractivity contribution is 0.0142. The van der Waals surface area contributed by atoms with E-state index in [4.69, 9.17) is 21.1 Å². The second kappa shape index (κ2) is 21.2. The van der Waals surface area contributed by atoms with Crippen molar-refractivity contribution in [3.63, 3.8) is 0 Å². The molecule has 18 heteroatoms. The molecule has 4 fully saturated rings. The van der Waals surface area contributed by atoms with Crippen LogP contribution in [-0.4, -0.2) is 139 Å². The van der Waals surface area contributed by atoms with Gasteiger partial charge in [-0.15, -0.1) is 0 Å². The lowest BCUT2D eigenvalue weighted by atomic mass is 9.79. The Bertz CT molecular complexity index is 1880. The van der Waals surface area contributed by atoms with E-state index in [0.29, 0.717) is 22.9 Å². The van der Waals surface area contributed by atoms with Gasteiger partial charge < -0.3 is 29.1 Å². The molecular weight excluding hydrogens is 798 g/mol. The van der Waals surface area contributed by atoms with Crippen LogP contribution in [0.1, 0.15) is 92.9 Å². The third-order valence-corrected chi connectivity index (χ3v) is 12.0. The normalized spacial score (nSPS) is 19.5. The van der Waals surface area contributed by atoms with Crippen molar-refractivity contribution in [2.24, 2.45) is 33.7 Å². The van der Waals surface area contributed by atoms with E-state index in [0.717, 1.165) is 121 Å². The van der Waals surface area contributed by atoms with Crippen LogP contribution in [0.2, 0.25) is 5.15 Å². The van der Waals surface area contributed by atoms with Crippen molar-refractivity contribution in [2.45, 2.75) is 104 Å². The summed E-state index contributed by atoms with van der Waals surface area (Å²) in [5.74, 6) is 5.40. The summed E-state index contributed by atoms with van der Waals surface area (Å²) in [6, 6.07) is 3.80. The largest absolute Gasteiger partial charge is 0.444 e. The molecule has 4 saturated heterocycles. The van der Waals surface area contributed by atoms with Crippen LogP contribution >= 0.6 is 11.6 Å². The van der Waals surface area contributed by atoms with Crippen LogP contribution in [-0.2, 0) is 9.47 Å². The number of piperidine rings is 4. The van der Waals surface area contributed by atoms with Crippen LogP contribution in [0.25, 0.3) is 5.82 Å². The Kier molecular flexibility index (Phi) is 15.9. The summed E-state index contributed by atoms with van der Waals surface area (Å²) in [7, 11) is 0. The van der Waals surface area contributed by atoms with Gasteiger partial charge >= 0.3 is 12.2 Å². The topological polar surface area (TPSA) is 173 Å². The number of amides is 2. The van der Waals surface area contributed by atoms with Crippen molar-refractivity contribution in [3.8, 4) is 5.82 Å². The summed E-state index contributed by atoms with van der Waals surface area (Å²) in [5.41, 5.74) is -0.861. The van der Waals surface area contributed by atoms with E-state index in [1.54, 1.807) is 29.9 Å². The number of hydrogen-bond acceptors (Lipinski definition) is 14. The molecule has 0 unspecified atom stereocenters. The number of aliphatic imine (C=N–C) groups is 2. The van der Waals surface area contributed by atoms with Gasteiger partial charge in [0.25, 0.3) is 0 Å². The van der Waals surface area contributed by atoms with E-state index in [-0.39, 0.29) is 12.2 Å². The summed E-state index contributed by atoms with van der Waals surface area (Å²) in [4.78, 5) is 61.2.